The first kappa shape index (κ1) is 37.7. The van der Waals surface area contributed by atoms with Crippen LogP contribution in [0.5, 0.6) is 23.0 Å². The van der Waals surface area contributed by atoms with Crippen LogP contribution < -0.4 is 18.9 Å². The van der Waals surface area contributed by atoms with E-state index in [9.17, 15) is 9.59 Å². The molecule has 1 aliphatic carbocycles. The van der Waals surface area contributed by atoms with Crippen molar-refractivity contribution in [1.82, 2.24) is 0 Å². The SMILES string of the molecule is COC(=O)COc1c2cccc1Cc1cccc3c1OCCOCCOCCOCCOc1c(cccc1Cc1cccc(c1OCC(=O)OC)C3)C2. The van der Waals surface area contributed by atoms with E-state index in [-0.39, 0.29) is 13.2 Å². The van der Waals surface area contributed by atoms with Crippen LogP contribution in [0.15, 0.2) is 72.8 Å². The number of carbonyl (C=O) groups excluding carboxylic acids is 2. The molecule has 0 radical (unpaired) electrons. The lowest BCUT2D eigenvalue weighted by molar-refractivity contribution is -0.143. The van der Waals surface area contributed by atoms with Gasteiger partial charge in [-0.25, -0.2) is 9.59 Å². The van der Waals surface area contributed by atoms with Crippen molar-refractivity contribution < 1.29 is 52.2 Å². The molecule has 53 heavy (non-hydrogen) atoms. The van der Waals surface area contributed by atoms with Gasteiger partial charge in [0, 0.05) is 25.7 Å². The molecular formula is C42H46O11. The van der Waals surface area contributed by atoms with Crippen molar-refractivity contribution >= 4 is 11.9 Å². The normalized spacial score (nSPS) is 15.2. The fourth-order valence-electron chi connectivity index (χ4n) is 6.56. The Hall–Kier alpha value is -5.10. The van der Waals surface area contributed by atoms with Gasteiger partial charge in [0.15, 0.2) is 13.2 Å². The average Bonchev–Trinajstić information content (AvgIpc) is 3.16. The molecule has 0 spiro atoms. The highest BCUT2D eigenvalue weighted by Gasteiger charge is 2.22. The Labute approximate surface area is 310 Å². The van der Waals surface area contributed by atoms with Crippen LogP contribution in [0.4, 0.5) is 0 Å². The standard InChI is InChI=1S/C42H46O11/c1-45-37(43)27-52-41-33-11-5-12-34(41)24-30-8-4-10-32-26-36-14-6-13-35(42(36)53-28-38(44)46-2)25-31-9-3-7-29(23-33)39(31)50-21-19-48-17-15-47-16-18-49-20-22-51-40(30)32/h3-14H,15-28H2,1-2H3. The fraction of sp³-hybridized carbons (Fsp3) is 0.381. The van der Waals surface area contributed by atoms with Crippen LogP contribution in [-0.2, 0) is 59.0 Å². The summed E-state index contributed by atoms with van der Waals surface area (Å²) in [4.78, 5) is 24.7. The van der Waals surface area contributed by atoms with Crippen molar-refractivity contribution in [2.75, 3.05) is 80.3 Å². The van der Waals surface area contributed by atoms with Crippen LogP contribution in [-0.4, -0.2) is 92.2 Å². The fourth-order valence-corrected chi connectivity index (χ4v) is 6.56. The molecule has 0 unspecified atom stereocenters. The highest BCUT2D eigenvalue weighted by Crippen LogP contribution is 2.39. The Balaban J connectivity index is 1.54. The summed E-state index contributed by atoms with van der Waals surface area (Å²) in [6.45, 7) is 2.56. The number of methoxy groups -OCH3 is 2. The number of hydrogen-bond donors (Lipinski definition) is 0. The van der Waals surface area contributed by atoms with Gasteiger partial charge in [-0.2, -0.15) is 0 Å². The monoisotopic (exact) mass is 726 g/mol. The molecule has 1 heterocycles. The van der Waals surface area contributed by atoms with Crippen molar-refractivity contribution in [3.05, 3.63) is 117 Å². The van der Waals surface area contributed by atoms with E-state index in [4.69, 9.17) is 42.6 Å². The highest BCUT2D eigenvalue weighted by atomic mass is 16.6. The molecule has 0 N–H and O–H groups in total. The van der Waals surface area contributed by atoms with Gasteiger partial charge in [0.25, 0.3) is 0 Å². The van der Waals surface area contributed by atoms with Crippen LogP contribution in [0.1, 0.15) is 44.5 Å². The molecule has 10 bridgehead atoms. The summed E-state index contributed by atoms with van der Waals surface area (Å²) in [5, 5.41) is 0. The third kappa shape index (κ3) is 10.1. The van der Waals surface area contributed by atoms with Gasteiger partial charge in [0.1, 0.15) is 36.2 Å². The minimum absolute atomic E-state index is 0.241. The first-order valence-corrected chi connectivity index (χ1v) is 17.8. The van der Waals surface area contributed by atoms with Gasteiger partial charge < -0.3 is 42.6 Å². The van der Waals surface area contributed by atoms with E-state index >= 15 is 0 Å². The van der Waals surface area contributed by atoms with E-state index < -0.39 is 11.9 Å². The van der Waals surface area contributed by atoms with Gasteiger partial charge in [-0.1, -0.05) is 72.8 Å². The Bertz CT molecular complexity index is 1640. The maximum Gasteiger partial charge on any atom is 0.343 e. The number of hydrogen-bond acceptors (Lipinski definition) is 11. The lowest BCUT2D eigenvalue weighted by atomic mass is 9.91. The lowest BCUT2D eigenvalue weighted by Gasteiger charge is -2.22. The van der Waals surface area contributed by atoms with Gasteiger partial charge in [-0.3, -0.25) is 0 Å². The number of fused-ring (bicyclic) bond motifs is 2. The third-order valence-corrected chi connectivity index (χ3v) is 9.05. The molecule has 4 aromatic carbocycles. The maximum absolute atomic E-state index is 12.4. The zero-order valence-corrected chi connectivity index (χ0v) is 30.3. The van der Waals surface area contributed by atoms with Gasteiger partial charge >= 0.3 is 11.9 Å². The summed E-state index contributed by atoms with van der Waals surface area (Å²) >= 11 is 0. The molecule has 0 aromatic heterocycles. The zero-order chi connectivity index (χ0) is 36.8. The van der Waals surface area contributed by atoms with E-state index in [1.807, 2.05) is 72.8 Å². The summed E-state index contributed by atoms with van der Waals surface area (Å²) in [6.07, 6.45) is 1.81. The summed E-state index contributed by atoms with van der Waals surface area (Å²) in [7, 11) is 2.69. The number of rotatable bonds is 6. The predicted molar refractivity (Wildman–Crippen MR) is 195 cm³/mol. The van der Waals surface area contributed by atoms with E-state index in [0.717, 1.165) is 44.5 Å². The van der Waals surface area contributed by atoms with Crippen LogP contribution in [0.3, 0.4) is 0 Å². The molecule has 0 saturated heterocycles. The smallest absolute Gasteiger partial charge is 0.343 e. The van der Waals surface area contributed by atoms with E-state index in [0.29, 0.717) is 102 Å². The van der Waals surface area contributed by atoms with Crippen molar-refractivity contribution in [2.45, 2.75) is 25.7 Å². The first-order chi connectivity index (χ1) is 26.0. The second-order valence-electron chi connectivity index (χ2n) is 12.6. The molecule has 0 saturated carbocycles. The Kier molecular flexibility index (Phi) is 13.6. The third-order valence-electron chi connectivity index (χ3n) is 9.05. The molecule has 4 aromatic rings. The summed E-state index contributed by atoms with van der Waals surface area (Å²) < 4.78 is 52.9. The second kappa shape index (κ2) is 19.1. The molecule has 0 atom stereocenters. The van der Waals surface area contributed by atoms with Crippen LogP contribution in [0, 0.1) is 0 Å². The predicted octanol–water partition coefficient (Wildman–Crippen LogP) is 5.29. The van der Waals surface area contributed by atoms with Crippen LogP contribution in [0.2, 0.25) is 0 Å². The van der Waals surface area contributed by atoms with Crippen molar-refractivity contribution in [2.24, 2.45) is 0 Å². The summed E-state index contributed by atoms with van der Waals surface area (Å²) in [5.74, 6) is 1.69. The topological polar surface area (TPSA) is 117 Å². The quantitative estimate of drug-likeness (QED) is 0.213. The molecule has 0 amide bonds. The van der Waals surface area contributed by atoms with Crippen LogP contribution >= 0.6 is 0 Å². The van der Waals surface area contributed by atoms with Crippen molar-refractivity contribution in [1.29, 1.82) is 0 Å². The summed E-state index contributed by atoms with van der Waals surface area (Å²) in [5.41, 5.74) is 7.25. The minimum atomic E-state index is -0.477. The maximum atomic E-state index is 12.4. The first-order valence-electron chi connectivity index (χ1n) is 17.8. The minimum Gasteiger partial charge on any atom is -0.491 e. The molecule has 11 nitrogen and oxygen atoms in total. The lowest BCUT2D eigenvalue weighted by Crippen LogP contribution is -2.17. The molecule has 11 heteroatoms. The Morgan fingerprint density at radius 1 is 0.453 bits per heavy atom. The largest absolute Gasteiger partial charge is 0.491 e. The Morgan fingerprint density at radius 2 is 0.736 bits per heavy atom. The molecule has 2 aliphatic rings. The molecule has 6 rings (SSSR count). The molecule has 1 aliphatic heterocycles. The molecule has 0 fully saturated rings. The number of carbonyl (C=O) groups is 2. The highest BCUT2D eigenvalue weighted by molar-refractivity contribution is 5.71. The van der Waals surface area contributed by atoms with Gasteiger partial charge in [-0.15, -0.1) is 0 Å². The summed E-state index contributed by atoms with van der Waals surface area (Å²) in [6, 6.07) is 24.2. The number of esters is 2. The molecular weight excluding hydrogens is 680 g/mol. The van der Waals surface area contributed by atoms with E-state index in [1.54, 1.807) is 0 Å². The van der Waals surface area contributed by atoms with Gasteiger partial charge in [-0.05, 0) is 44.5 Å². The zero-order valence-electron chi connectivity index (χ0n) is 30.3. The van der Waals surface area contributed by atoms with E-state index in [2.05, 4.69) is 0 Å². The van der Waals surface area contributed by atoms with Crippen LogP contribution in [0.25, 0.3) is 0 Å². The number of benzene rings is 4. The second-order valence-corrected chi connectivity index (χ2v) is 12.6. The average molecular weight is 727 g/mol. The van der Waals surface area contributed by atoms with Crippen molar-refractivity contribution in [3.63, 3.8) is 0 Å². The van der Waals surface area contributed by atoms with Crippen molar-refractivity contribution in [3.8, 4) is 23.0 Å². The van der Waals surface area contributed by atoms with E-state index in [1.165, 1.54) is 14.2 Å². The van der Waals surface area contributed by atoms with Gasteiger partial charge in [0.05, 0.1) is 53.9 Å². The Morgan fingerprint density at radius 3 is 1.04 bits per heavy atom. The van der Waals surface area contributed by atoms with Gasteiger partial charge in [0.2, 0.25) is 0 Å². The molecule has 280 valence electrons. The number of para-hydroxylation sites is 4. The number of ether oxygens (including phenoxy) is 9.